The van der Waals surface area contributed by atoms with Gasteiger partial charge >= 0.3 is 31.3 Å². The third kappa shape index (κ3) is 4.45. The summed E-state index contributed by atoms with van der Waals surface area (Å²) in [6.07, 6.45) is -4.45. The van der Waals surface area contributed by atoms with E-state index in [4.69, 9.17) is 0 Å². The minimum absolute atomic E-state index is 0.143. The van der Waals surface area contributed by atoms with Gasteiger partial charge in [-0.15, -0.1) is 0 Å². The molecular weight excluding hydrogens is 370 g/mol. The predicted molar refractivity (Wildman–Crippen MR) is 58.2 cm³/mol. The second kappa shape index (κ2) is 6.13. The quantitative estimate of drug-likeness (QED) is 0.421. The highest BCUT2D eigenvalue weighted by atomic mass is 32.2. The Balaban J connectivity index is 2.95. The van der Waals surface area contributed by atoms with Crippen LogP contribution in [0.25, 0.3) is 0 Å². The van der Waals surface area contributed by atoms with Gasteiger partial charge in [-0.3, -0.25) is 8.37 Å². The molecule has 22 heavy (non-hydrogen) atoms. The van der Waals surface area contributed by atoms with E-state index in [1.807, 2.05) is 0 Å². The van der Waals surface area contributed by atoms with Crippen LogP contribution in [0.2, 0.25) is 0 Å². The molecule has 1 aliphatic carbocycles. The highest BCUT2D eigenvalue weighted by Gasteiger charge is 2.52. The largest absolute Gasteiger partial charge is 0.523 e. The number of rotatable bonds is 4. The van der Waals surface area contributed by atoms with Crippen LogP contribution in [0.1, 0.15) is 25.7 Å². The van der Waals surface area contributed by atoms with E-state index in [1.165, 1.54) is 0 Å². The molecule has 14 heteroatoms. The van der Waals surface area contributed by atoms with Crippen LogP contribution in [-0.2, 0) is 28.6 Å². The monoisotopic (exact) mass is 380 g/mol. The molecule has 0 aromatic rings. The molecular formula is C8H10F6O6S2. The van der Waals surface area contributed by atoms with Crippen molar-refractivity contribution in [1.29, 1.82) is 0 Å². The van der Waals surface area contributed by atoms with Crippen LogP contribution in [0.4, 0.5) is 26.3 Å². The molecule has 0 spiro atoms. The first-order valence-electron chi connectivity index (χ1n) is 5.66. The third-order valence-corrected chi connectivity index (χ3v) is 4.84. The van der Waals surface area contributed by atoms with Crippen molar-refractivity contribution in [2.24, 2.45) is 0 Å². The summed E-state index contributed by atoms with van der Waals surface area (Å²) in [7, 11) is -12.2. The van der Waals surface area contributed by atoms with Crippen molar-refractivity contribution in [1.82, 2.24) is 0 Å². The Kier molecular flexibility index (Phi) is 5.42. The van der Waals surface area contributed by atoms with Gasteiger partial charge in [0, 0.05) is 0 Å². The Bertz CT molecular complexity index is 538. The highest BCUT2D eigenvalue weighted by Crippen LogP contribution is 2.34. The summed E-state index contributed by atoms with van der Waals surface area (Å²) in [4.78, 5) is 0. The fourth-order valence-electron chi connectivity index (χ4n) is 1.72. The SMILES string of the molecule is O=S(=O)(O[C@@H]1CCCC[C@H]1OS(=O)(=O)C(F)(F)F)C(F)(F)F. The zero-order valence-electron chi connectivity index (χ0n) is 10.5. The summed E-state index contributed by atoms with van der Waals surface area (Å²) >= 11 is 0. The third-order valence-electron chi connectivity index (χ3n) is 2.71. The topological polar surface area (TPSA) is 86.7 Å². The van der Waals surface area contributed by atoms with E-state index in [9.17, 15) is 43.2 Å². The summed E-state index contributed by atoms with van der Waals surface area (Å²) in [5.41, 5.74) is -11.6. The molecule has 1 fully saturated rings. The van der Waals surface area contributed by atoms with Crippen LogP contribution in [0.15, 0.2) is 0 Å². The normalized spacial score (nSPS) is 25.2. The molecule has 0 saturated heterocycles. The number of alkyl halides is 6. The summed E-state index contributed by atoms with van der Waals surface area (Å²) < 4.78 is 124. The van der Waals surface area contributed by atoms with Crippen LogP contribution >= 0.6 is 0 Å². The van der Waals surface area contributed by atoms with Gasteiger partial charge in [0.05, 0.1) is 0 Å². The van der Waals surface area contributed by atoms with Crippen LogP contribution in [0.3, 0.4) is 0 Å². The molecule has 0 aromatic carbocycles. The van der Waals surface area contributed by atoms with Gasteiger partial charge in [0.1, 0.15) is 12.2 Å². The molecule has 0 amide bonds. The van der Waals surface area contributed by atoms with Crippen molar-refractivity contribution >= 4 is 20.2 Å². The Labute approximate surface area is 121 Å². The summed E-state index contributed by atoms with van der Waals surface area (Å²) in [5, 5.41) is 0. The van der Waals surface area contributed by atoms with Gasteiger partial charge in [0.2, 0.25) is 0 Å². The highest BCUT2D eigenvalue weighted by molar-refractivity contribution is 7.88. The molecule has 0 aliphatic heterocycles. The number of hydrogen-bond donors (Lipinski definition) is 0. The number of hydrogen-bond acceptors (Lipinski definition) is 6. The molecule has 0 unspecified atom stereocenters. The lowest BCUT2D eigenvalue weighted by atomic mass is 9.95. The second-order valence-electron chi connectivity index (χ2n) is 4.35. The van der Waals surface area contributed by atoms with Crippen LogP contribution < -0.4 is 0 Å². The second-order valence-corrected chi connectivity index (χ2v) is 7.48. The summed E-state index contributed by atoms with van der Waals surface area (Å²) in [6, 6.07) is 0. The average molecular weight is 380 g/mol. The Morgan fingerprint density at radius 3 is 1.18 bits per heavy atom. The van der Waals surface area contributed by atoms with Gasteiger partial charge < -0.3 is 0 Å². The minimum atomic E-state index is -6.08. The number of halogens is 6. The Hall–Kier alpha value is -0.600. The molecule has 6 nitrogen and oxygen atoms in total. The summed E-state index contributed by atoms with van der Waals surface area (Å²) in [5.74, 6) is 0. The van der Waals surface area contributed by atoms with Gasteiger partial charge in [-0.1, -0.05) is 12.8 Å². The lowest BCUT2D eigenvalue weighted by Gasteiger charge is -2.30. The van der Waals surface area contributed by atoms with Crippen molar-refractivity contribution in [3.05, 3.63) is 0 Å². The average Bonchev–Trinajstić information content (AvgIpc) is 2.28. The molecule has 2 atom stereocenters. The van der Waals surface area contributed by atoms with Crippen molar-refractivity contribution in [2.45, 2.75) is 48.9 Å². The van der Waals surface area contributed by atoms with Crippen molar-refractivity contribution in [2.75, 3.05) is 0 Å². The summed E-state index contributed by atoms with van der Waals surface area (Å²) in [6.45, 7) is 0. The molecule has 1 saturated carbocycles. The molecule has 0 radical (unpaired) electrons. The van der Waals surface area contributed by atoms with Gasteiger partial charge in [-0.25, -0.2) is 0 Å². The van der Waals surface area contributed by atoms with Crippen molar-refractivity contribution in [3.8, 4) is 0 Å². The molecule has 0 bridgehead atoms. The maximum atomic E-state index is 12.2. The van der Waals surface area contributed by atoms with E-state index in [1.54, 1.807) is 0 Å². The zero-order valence-corrected chi connectivity index (χ0v) is 12.1. The molecule has 1 rings (SSSR count). The fraction of sp³-hybridized carbons (Fsp3) is 1.00. The first kappa shape index (κ1) is 19.4. The first-order valence-corrected chi connectivity index (χ1v) is 8.48. The van der Waals surface area contributed by atoms with Crippen molar-refractivity contribution < 1.29 is 51.5 Å². The van der Waals surface area contributed by atoms with E-state index < -0.39 is 56.3 Å². The van der Waals surface area contributed by atoms with E-state index in [-0.39, 0.29) is 12.8 Å². The predicted octanol–water partition coefficient (Wildman–Crippen LogP) is 2.03. The standard InChI is InChI=1S/C8H10F6O6S2/c9-7(10,11)21(15,16)19-5-3-1-2-4-6(5)20-22(17,18)8(12,13)14/h5-6H,1-4H2/t5-,6-/m1/s1. The molecule has 0 N–H and O–H groups in total. The van der Waals surface area contributed by atoms with Gasteiger partial charge in [-0.2, -0.15) is 43.2 Å². The van der Waals surface area contributed by atoms with Gasteiger partial charge in [0.25, 0.3) is 0 Å². The van der Waals surface area contributed by atoms with Gasteiger partial charge in [-0.05, 0) is 12.8 Å². The van der Waals surface area contributed by atoms with E-state index in [2.05, 4.69) is 8.37 Å². The van der Waals surface area contributed by atoms with E-state index in [0.29, 0.717) is 0 Å². The van der Waals surface area contributed by atoms with Gasteiger partial charge in [0.15, 0.2) is 0 Å². The minimum Gasteiger partial charge on any atom is -0.257 e. The molecule has 0 aromatic heterocycles. The maximum Gasteiger partial charge on any atom is 0.523 e. The van der Waals surface area contributed by atoms with Crippen LogP contribution in [0.5, 0.6) is 0 Å². The Morgan fingerprint density at radius 2 is 0.955 bits per heavy atom. The van der Waals surface area contributed by atoms with E-state index >= 15 is 0 Å². The van der Waals surface area contributed by atoms with Crippen LogP contribution in [-0.4, -0.2) is 40.1 Å². The molecule has 1 aliphatic rings. The van der Waals surface area contributed by atoms with E-state index in [0.717, 1.165) is 0 Å². The maximum absolute atomic E-state index is 12.2. The molecule has 132 valence electrons. The van der Waals surface area contributed by atoms with Crippen LogP contribution in [0, 0.1) is 0 Å². The van der Waals surface area contributed by atoms with Crippen molar-refractivity contribution in [3.63, 3.8) is 0 Å². The Morgan fingerprint density at radius 1 is 0.682 bits per heavy atom. The molecule has 0 heterocycles. The smallest absolute Gasteiger partial charge is 0.257 e. The fourth-order valence-corrected chi connectivity index (χ4v) is 3.03. The lowest BCUT2D eigenvalue weighted by molar-refractivity contribution is -0.0747. The lowest BCUT2D eigenvalue weighted by Crippen LogP contribution is -2.42. The first-order chi connectivity index (χ1) is 9.67. The zero-order chi connectivity index (χ0) is 17.4.